The fourth-order valence-corrected chi connectivity index (χ4v) is 3.32. The van der Waals surface area contributed by atoms with Crippen molar-refractivity contribution in [2.75, 3.05) is 26.4 Å². The van der Waals surface area contributed by atoms with Gasteiger partial charge in [-0.25, -0.2) is 0 Å². The number of hydrogen-bond acceptors (Lipinski definition) is 3. The molecule has 0 radical (unpaired) electrons. The molecule has 2 aromatic carbocycles. The quantitative estimate of drug-likeness (QED) is 0.220. The van der Waals surface area contributed by atoms with Gasteiger partial charge in [-0.3, -0.25) is 9.79 Å². The number of hydrogen-bond donors (Lipinski definition) is 3. The number of guanidine groups is 1. The maximum atomic E-state index is 12.0. The van der Waals surface area contributed by atoms with Crippen molar-refractivity contribution in [3.05, 3.63) is 65.2 Å². The second kappa shape index (κ2) is 13.4. The van der Waals surface area contributed by atoms with E-state index in [1.807, 2.05) is 18.2 Å². The fourth-order valence-electron chi connectivity index (χ4n) is 2.61. The number of aryl methyl sites for hydroxylation is 1. The van der Waals surface area contributed by atoms with E-state index in [1.54, 1.807) is 18.8 Å². The van der Waals surface area contributed by atoms with Crippen molar-refractivity contribution in [1.82, 2.24) is 16.0 Å². The zero-order valence-electron chi connectivity index (χ0n) is 16.6. The average Bonchev–Trinajstić information content (AvgIpc) is 2.69. The van der Waals surface area contributed by atoms with Crippen molar-refractivity contribution >= 4 is 47.6 Å². The Morgan fingerprint density at radius 1 is 1.07 bits per heavy atom. The Bertz CT molecular complexity index is 768. The molecule has 152 valence electrons. The Morgan fingerprint density at radius 3 is 2.50 bits per heavy atom. The smallest absolute Gasteiger partial charge is 0.239 e. The molecule has 5 nitrogen and oxygen atoms in total. The summed E-state index contributed by atoms with van der Waals surface area (Å²) in [5, 5.41) is 9.24. The lowest BCUT2D eigenvalue weighted by Gasteiger charge is -2.14. The molecule has 0 fully saturated rings. The highest BCUT2D eigenvalue weighted by molar-refractivity contribution is 14.0. The van der Waals surface area contributed by atoms with Crippen LogP contribution in [-0.2, 0) is 17.8 Å². The molecule has 0 aliphatic carbocycles. The minimum absolute atomic E-state index is 0. The SMILES string of the molecule is CN=C(NCC(=O)NCCc1ccccc1)NCc1ccc(C)cc1SC.I. The maximum Gasteiger partial charge on any atom is 0.239 e. The van der Waals surface area contributed by atoms with E-state index < -0.39 is 0 Å². The molecule has 3 N–H and O–H groups in total. The number of nitrogens with zero attached hydrogens (tertiary/aromatic N) is 1. The van der Waals surface area contributed by atoms with Gasteiger partial charge in [0.15, 0.2) is 5.96 Å². The summed E-state index contributed by atoms with van der Waals surface area (Å²) < 4.78 is 0. The van der Waals surface area contributed by atoms with E-state index in [2.05, 4.69) is 64.5 Å². The number of rotatable bonds is 8. The molecule has 0 aromatic heterocycles. The van der Waals surface area contributed by atoms with Crippen LogP contribution in [0.5, 0.6) is 0 Å². The summed E-state index contributed by atoms with van der Waals surface area (Å²) >= 11 is 1.73. The number of benzene rings is 2. The molecule has 0 aliphatic heterocycles. The molecular weight excluding hydrogens is 483 g/mol. The molecule has 0 saturated carbocycles. The molecule has 0 bridgehead atoms. The van der Waals surface area contributed by atoms with Gasteiger partial charge < -0.3 is 16.0 Å². The van der Waals surface area contributed by atoms with E-state index in [1.165, 1.54) is 21.6 Å². The van der Waals surface area contributed by atoms with Gasteiger partial charge in [0, 0.05) is 25.0 Å². The highest BCUT2D eigenvalue weighted by Gasteiger charge is 2.06. The van der Waals surface area contributed by atoms with E-state index in [4.69, 9.17) is 0 Å². The van der Waals surface area contributed by atoms with Crippen LogP contribution in [0, 0.1) is 6.92 Å². The molecule has 1 amide bonds. The molecule has 2 aromatic rings. The maximum absolute atomic E-state index is 12.0. The molecule has 0 aliphatic rings. The number of nitrogens with one attached hydrogen (secondary N) is 3. The predicted molar refractivity (Wildman–Crippen MR) is 130 cm³/mol. The molecule has 28 heavy (non-hydrogen) atoms. The first kappa shape index (κ1) is 24.3. The minimum Gasteiger partial charge on any atom is -0.354 e. The molecule has 0 unspecified atom stereocenters. The lowest BCUT2D eigenvalue weighted by atomic mass is 10.1. The van der Waals surface area contributed by atoms with Crippen molar-refractivity contribution < 1.29 is 4.79 Å². The Balaban J connectivity index is 0.00000392. The monoisotopic (exact) mass is 512 g/mol. The summed E-state index contributed by atoms with van der Waals surface area (Å²) in [4.78, 5) is 17.4. The van der Waals surface area contributed by atoms with Crippen LogP contribution in [-0.4, -0.2) is 38.3 Å². The third kappa shape index (κ3) is 8.52. The first-order valence-corrected chi connectivity index (χ1v) is 10.2. The van der Waals surface area contributed by atoms with E-state index in [0.717, 1.165) is 6.42 Å². The molecular formula is C21H29IN4OS. The fraction of sp³-hybridized carbons (Fsp3) is 0.333. The predicted octanol–water partition coefficient (Wildman–Crippen LogP) is 3.36. The Labute approximate surface area is 189 Å². The van der Waals surface area contributed by atoms with Crippen LogP contribution in [0.15, 0.2) is 58.4 Å². The third-order valence-electron chi connectivity index (χ3n) is 4.11. The van der Waals surface area contributed by atoms with Crippen LogP contribution in [0.2, 0.25) is 0 Å². The number of amides is 1. The molecule has 0 spiro atoms. The van der Waals surface area contributed by atoms with Gasteiger partial charge in [-0.2, -0.15) is 0 Å². The van der Waals surface area contributed by atoms with Gasteiger partial charge in [-0.15, -0.1) is 35.7 Å². The normalized spacial score (nSPS) is 10.8. The van der Waals surface area contributed by atoms with Crippen molar-refractivity contribution in [2.24, 2.45) is 4.99 Å². The van der Waals surface area contributed by atoms with Gasteiger partial charge in [0.25, 0.3) is 0 Å². The van der Waals surface area contributed by atoms with Gasteiger partial charge in [-0.05, 0) is 42.4 Å². The average molecular weight is 512 g/mol. The highest BCUT2D eigenvalue weighted by Crippen LogP contribution is 2.21. The van der Waals surface area contributed by atoms with Crippen LogP contribution in [0.25, 0.3) is 0 Å². The van der Waals surface area contributed by atoms with Crippen molar-refractivity contribution in [3.8, 4) is 0 Å². The van der Waals surface area contributed by atoms with E-state index in [-0.39, 0.29) is 36.4 Å². The second-order valence-corrected chi connectivity index (χ2v) is 7.03. The first-order valence-electron chi connectivity index (χ1n) is 9.01. The first-order chi connectivity index (χ1) is 13.1. The van der Waals surface area contributed by atoms with E-state index in [0.29, 0.717) is 19.0 Å². The van der Waals surface area contributed by atoms with Gasteiger partial charge in [-0.1, -0.05) is 42.5 Å². The van der Waals surface area contributed by atoms with Crippen LogP contribution in [0.3, 0.4) is 0 Å². The summed E-state index contributed by atoms with van der Waals surface area (Å²) in [7, 11) is 1.70. The molecule has 0 heterocycles. The number of carbonyl (C=O) groups is 1. The Hall–Kier alpha value is -1.74. The van der Waals surface area contributed by atoms with E-state index in [9.17, 15) is 4.79 Å². The Kier molecular flexibility index (Phi) is 11.7. The zero-order chi connectivity index (χ0) is 19.5. The summed E-state index contributed by atoms with van der Waals surface area (Å²) in [6, 6.07) is 16.5. The standard InChI is InChI=1S/C21H28N4OS.HI/c1-16-9-10-18(19(13-16)27-3)14-24-21(22-2)25-15-20(26)23-12-11-17-7-5-4-6-8-17;/h4-10,13H,11-12,14-15H2,1-3H3,(H,23,26)(H2,22,24,25);1H. The van der Waals surface area contributed by atoms with Gasteiger partial charge in [0.1, 0.15) is 0 Å². The number of carbonyl (C=O) groups excluding carboxylic acids is 1. The zero-order valence-corrected chi connectivity index (χ0v) is 19.8. The Morgan fingerprint density at radius 2 is 1.82 bits per heavy atom. The van der Waals surface area contributed by atoms with Gasteiger partial charge in [0.05, 0.1) is 6.54 Å². The third-order valence-corrected chi connectivity index (χ3v) is 4.93. The second-order valence-electron chi connectivity index (χ2n) is 6.18. The van der Waals surface area contributed by atoms with E-state index >= 15 is 0 Å². The number of halogens is 1. The van der Waals surface area contributed by atoms with Crippen LogP contribution in [0.1, 0.15) is 16.7 Å². The topological polar surface area (TPSA) is 65.5 Å². The van der Waals surface area contributed by atoms with Crippen molar-refractivity contribution in [1.29, 1.82) is 0 Å². The summed E-state index contributed by atoms with van der Waals surface area (Å²) in [6.07, 6.45) is 2.90. The van der Waals surface area contributed by atoms with Crippen LogP contribution in [0.4, 0.5) is 0 Å². The summed E-state index contributed by atoms with van der Waals surface area (Å²) in [5.74, 6) is 0.565. The largest absolute Gasteiger partial charge is 0.354 e. The number of thioether (sulfide) groups is 1. The van der Waals surface area contributed by atoms with Gasteiger partial charge >= 0.3 is 0 Å². The van der Waals surface area contributed by atoms with Crippen molar-refractivity contribution in [2.45, 2.75) is 24.8 Å². The molecule has 2 rings (SSSR count). The molecule has 7 heteroatoms. The molecule has 0 atom stereocenters. The minimum atomic E-state index is -0.0472. The highest BCUT2D eigenvalue weighted by atomic mass is 127. The summed E-state index contributed by atoms with van der Waals surface area (Å²) in [5.41, 5.74) is 3.67. The summed E-state index contributed by atoms with van der Waals surface area (Å²) in [6.45, 7) is 3.56. The lowest BCUT2D eigenvalue weighted by Crippen LogP contribution is -2.43. The van der Waals surface area contributed by atoms with Gasteiger partial charge in [0.2, 0.25) is 5.91 Å². The lowest BCUT2D eigenvalue weighted by molar-refractivity contribution is -0.119. The van der Waals surface area contributed by atoms with Crippen LogP contribution >= 0.6 is 35.7 Å². The van der Waals surface area contributed by atoms with Crippen molar-refractivity contribution in [3.63, 3.8) is 0 Å². The number of aliphatic imine (C=N–C) groups is 1. The molecule has 0 saturated heterocycles. The van der Waals surface area contributed by atoms with Crippen LogP contribution < -0.4 is 16.0 Å².